The molecule has 0 heterocycles. The van der Waals surface area contributed by atoms with E-state index >= 15 is 0 Å². The van der Waals surface area contributed by atoms with Gasteiger partial charge >= 0.3 is 5.97 Å². The zero-order valence-electron chi connectivity index (χ0n) is 11.2. The molecule has 0 aliphatic carbocycles. The maximum atomic E-state index is 11.7. The number of hydrogen-bond acceptors (Lipinski definition) is 5. The Bertz CT molecular complexity index is 598. The average molecular weight is 300 g/mol. The maximum Gasteiger partial charge on any atom is 0.323 e. The van der Waals surface area contributed by atoms with Gasteiger partial charge in [0.1, 0.15) is 0 Å². The molecule has 0 radical (unpaired) electrons. The standard InChI is InChI=1S/C12H16N2O5S/c1-3-19-12(16)8-20(17,18)14-11-6-4-5-10(7-11)13-9(2)15/h4-7,14H,3,8H2,1-2H3,(H,13,15). The van der Waals surface area contributed by atoms with Crippen molar-refractivity contribution < 1.29 is 22.7 Å². The van der Waals surface area contributed by atoms with E-state index in [1.54, 1.807) is 19.1 Å². The van der Waals surface area contributed by atoms with Gasteiger partial charge in [0, 0.05) is 12.6 Å². The number of rotatable bonds is 6. The van der Waals surface area contributed by atoms with Crippen molar-refractivity contribution in [2.75, 3.05) is 22.4 Å². The summed E-state index contributed by atoms with van der Waals surface area (Å²) in [4.78, 5) is 22.1. The minimum Gasteiger partial charge on any atom is -0.465 e. The maximum absolute atomic E-state index is 11.7. The van der Waals surface area contributed by atoms with Crippen LogP contribution in [-0.4, -0.2) is 32.7 Å². The van der Waals surface area contributed by atoms with Crippen LogP contribution in [0.25, 0.3) is 0 Å². The normalized spacial score (nSPS) is 10.7. The summed E-state index contributed by atoms with van der Waals surface area (Å²) in [7, 11) is -3.84. The van der Waals surface area contributed by atoms with Crippen molar-refractivity contribution in [1.29, 1.82) is 0 Å². The Labute approximate surface area is 117 Å². The van der Waals surface area contributed by atoms with Crippen LogP contribution < -0.4 is 10.0 Å². The highest BCUT2D eigenvalue weighted by molar-refractivity contribution is 7.93. The molecule has 0 fully saturated rings. The van der Waals surface area contributed by atoms with Gasteiger partial charge in [0.2, 0.25) is 15.9 Å². The van der Waals surface area contributed by atoms with Crippen LogP contribution in [-0.2, 0) is 24.3 Å². The summed E-state index contributed by atoms with van der Waals surface area (Å²) in [6, 6.07) is 6.15. The van der Waals surface area contributed by atoms with Crippen molar-refractivity contribution in [3.05, 3.63) is 24.3 Å². The fourth-order valence-electron chi connectivity index (χ4n) is 1.44. The summed E-state index contributed by atoms with van der Waals surface area (Å²) in [6.45, 7) is 3.05. The molecule has 0 unspecified atom stereocenters. The zero-order chi connectivity index (χ0) is 15.2. The van der Waals surface area contributed by atoms with Crippen LogP contribution >= 0.6 is 0 Å². The zero-order valence-corrected chi connectivity index (χ0v) is 12.0. The van der Waals surface area contributed by atoms with Gasteiger partial charge in [-0.2, -0.15) is 0 Å². The van der Waals surface area contributed by atoms with Gasteiger partial charge in [-0.3, -0.25) is 14.3 Å². The lowest BCUT2D eigenvalue weighted by Crippen LogP contribution is -2.24. The molecule has 8 heteroatoms. The fraction of sp³-hybridized carbons (Fsp3) is 0.333. The molecule has 2 N–H and O–H groups in total. The molecule has 0 spiro atoms. The number of carbonyl (C=O) groups is 2. The summed E-state index contributed by atoms with van der Waals surface area (Å²) in [5.74, 6) is -1.85. The third-order valence-electron chi connectivity index (χ3n) is 2.07. The lowest BCUT2D eigenvalue weighted by Gasteiger charge is -2.09. The van der Waals surface area contributed by atoms with E-state index in [1.807, 2.05) is 0 Å². The Kier molecular flexibility index (Phi) is 5.51. The fourth-order valence-corrected chi connectivity index (χ4v) is 2.39. The van der Waals surface area contributed by atoms with Crippen LogP contribution in [0.5, 0.6) is 0 Å². The van der Waals surface area contributed by atoms with Crippen molar-refractivity contribution >= 4 is 33.3 Å². The smallest absolute Gasteiger partial charge is 0.323 e. The number of sulfonamides is 1. The summed E-state index contributed by atoms with van der Waals surface area (Å²) >= 11 is 0. The van der Waals surface area contributed by atoms with E-state index in [9.17, 15) is 18.0 Å². The van der Waals surface area contributed by atoms with Crippen molar-refractivity contribution in [3.63, 3.8) is 0 Å². The largest absolute Gasteiger partial charge is 0.465 e. The third kappa shape index (κ3) is 5.70. The Balaban J connectivity index is 2.76. The number of esters is 1. The molecule has 0 bridgehead atoms. The molecule has 0 saturated heterocycles. The average Bonchev–Trinajstić information content (AvgIpc) is 2.26. The minimum atomic E-state index is -3.84. The van der Waals surface area contributed by atoms with Crippen LogP contribution in [0.4, 0.5) is 11.4 Å². The first-order valence-corrected chi connectivity index (χ1v) is 7.51. The Hall–Kier alpha value is -2.09. The predicted molar refractivity (Wildman–Crippen MR) is 74.8 cm³/mol. The van der Waals surface area contributed by atoms with Gasteiger partial charge in [0.25, 0.3) is 0 Å². The molecule has 110 valence electrons. The molecule has 1 aromatic carbocycles. The van der Waals surface area contributed by atoms with Crippen LogP contribution in [0.3, 0.4) is 0 Å². The number of amides is 1. The lowest BCUT2D eigenvalue weighted by atomic mass is 10.3. The molecule has 1 aromatic rings. The van der Waals surface area contributed by atoms with Crippen LogP contribution in [0, 0.1) is 0 Å². The number of hydrogen-bond donors (Lipinski definition) is 2. The van der Waals surface area contributed by atoms with E-state index < -0.39 is 21.7 Å². The lowest BCUT2D eigenvalue weighted by molar-refractivity contribution is -0.139. The molecule has 1 amide bonds. The van der Waals surface area contributed by atoms with Crippen molar-refractivity contribution in [3.8, 4) is 0 Å². The highest BCUT2D eigenvalue weighted by Gasteiger charge is 2.17. The first kappa shape index (κ1) is 16.0. The molecular weight excluding hydrogens is 284 g/mol. The van der Waals surface area contributed by atoms with Gasteiger partial charge in [0.15, 0.2) is 5.75 Å². The molecule has 0 atom stereocenters. The quantitative estimate of drug-likeness (QED) is 0.762. The minimum absolute atomic E-state index is 0.117. The summed E-state index contributed by atoms with van der Waals surface area (Å²) in [5.41, 5.74) is 0.703. The highest BCUT2D eigenvalue weighted by atomic mass is 32.2. The first-order valence-electron chi connectivity index (χ1n) is 5.86. The van der Waals surface area contributed by atoms with Crippen molar-refractivity contribution in [1.82, 2.24) is 0 Å². The number of anilines is 2. The molecule has 1 rings (SSSR count). The second-order valence-electron chi connectivity index (χ2n) is 3.93. The van der Waals surface area contributed by atoms with Crippen LogP contribution in [0.2, 0.25) is 0 Å². The second kappa shape index (κ2) is 6.90. The number of ether oxygens (including phenoxy) is 1. The van der Waals surface area contributed by atoms with Gasteiger partial charge in [0.05, 0.1) is 12.3 Å². The van der Waals surface area contributed by atoms with Crippen molar-refractivity contribution in [2.45, 2.75) is 13.8 Å². The van der Waals surface area contributed by atoms with E-state index in [0.717, 1.165) is 0 Å². The number of benzene rings is 1. The summed E-state index contributed by atoms with van der Waals surface area (Å²) in [6.07, 6.45) is 0. The topological polar surface area (TPSA) is 102 Å². The molecular formula is C12H16N2O5S. The van der Waals surface area contributed by atoms with E-state index in [4.69, 9.17) is 0 Å². The van der Waals surface area contributed by atoms with Gasteiger partial charge in [-0.05, 0) is 25.1 Å². The van der Waals surface area contributed by atoms with E-state index in [1.165, 1.54) is 19.1 Å². The SMILES string of the molecule is CCOC(=O)CS(=O)(=O)Nc1cccc(NC(C)=O)c1. The summed E-state index contributed by atoms with van der Waals surface area (Å²) in [5, 5.41) is 2.53. The van der Waals surface area contributed by atoms with Gasteiger partial charge in [-0.25, -0.2) is 8.42 Å². The van der Waals surface area contributed by atoms with E-state index in [-0.39, 0.29) is 18.2 Å². The Morgan fingerprint density at radius 1 is 1.25 bits per heavy atom. The molecule has 7 nitrogen and oxygen atoms in total. The molecule has 0 saturated carbocycles. The van der Waals surface area contributed by atoms with Gasteiger partial charge in [-0.1, -0.05) is 6.07 Å². The van der Waals surface area contributed by atoms with Crippen LogP contribution in [0.15, 0.2) is 24.3 Å². The van der Waals surface area contributed by atoms with Crippen LogP contribution in [0.1, 0.15) is 13.8 Å². The monoisotopic (exact) mass is 300 g/mol. The van der Waals surface area contributed by atoms with Gasteiger partial charge < -0.3 is 10.1 Å². The molecule has 0 aliphatic rings. The van der Waals surface area contributed by atoms with E-state index in [0.29, 0.717) is 5.69 Å². The van der Waals surface area contributed by atoms with Crippen molar-refractivity contribution in [2.24, 2.45) is 0 Å². The first-order chi connectivity index (χ1) is 9.32. The predicted octanol–water partition coefficient (Wildman–Crippen LogP) is 0.950. The molecule has 20 heavy (non-hydrogen) atoms. The Morgan fingerprint density at radius 3 is 2.50 bits per heavy atom. The second-order valence-corrected chi connectivity index (χ2v) is 5.65. The molecule has 0 aliphatic heterocycles. The summed E-state index contributed by atoms with van der Waals surface area (Å²) < 4.78 is 30.3. The Morgan fingerprint density at radius 2 is 1.90 bits per heavy atom. The molecule has 0 aromatic heterocycles. The number of carbonyl (C=O) groups excluding carboxylic acids is 2. The third-order valence-corrected chi connectivity index (χ3v) is 3.23. The number of nitrogens with one attached hydrogen (secondary N) is 2. The van der Waals surface area contributed by atoms with E-state index in [2.05, 4.69) is 14.8 Å². The highest BCUT2D eigenvalue weighted by Crippen LogP contribution is 2.16. The van der Waals surface area contributed by atoms with Gasteiger partial charge in [-0.15, -0.1) is 0 Å².